The summed E-state index contributed by atoms with van der Waals surface area (Å²) in [5.41, 5.74) is 0. The molecule has 0 unspecified atom stereocenters. The van der Waals surface area contributed by atoms with Gasteiger partial charge in [-0.15, -0.1) is 0 Å². The van der Waals surface area contributed by atoms with Crippen LogP contribution in [0.25, 0.3) is 0 Å². The summed E-state index contributed by atoms with van der Waals surface area (Å²) in [5.74, 6) is 3.98. The maximum absolute atomic E-state index is 4.64. The van der Waals surface area contributed by atoms with Gasteiger partial charge in [-0.25, -0.2) is 0 Å². The Bertz CT molecular complexity index is 467. The first-order valence-electron chi connectivity index (χ1n) is 10.6. The summed E-state index contributed by atoms with van der Waals surface area (Å²) < 4.78 is 0. The van der Waals surface area contributed by atoms with Gasteiger partial charge in [-0.2, -0.15) is 15.0 Å². The Morgan fingerprint density at radius 2 is 1.20 bits per heavy atom. The van der Waals surface area contributed by atoms with Gasteiger partial charge in [-0.05, 0) is 43.9 Å². The van der Waals surface area contributed by atoms with Crippen molar-refractivity contribution in [2.24, 2.45) is 11.8 Å². The minimum Gasteiger partial charge on any atom is -0.354 e. The molecule has 0 radical (unpaired) electrons. The fraction of sp³-hybridized carbons (Fsp3) is 0.850. The average molecular weight is 346 g/mol. The third-order valence-corrected chi connectivity index (χ3v) is 5.70. The number of hydrogen-bond donors (Lipinski definition) is 2. The van der Waals surface area contributed by atoms with Crippen LogP contribution < -0.4 is 10.6 Å². The van der Waals surface area contributed by atoms with Crippen LogP contribution in [0.1, 0.15) is 83.4 Å². The van der Waals surface area contributed by atoms with E-state index in [2.05, 4.69) is 32.5 Å². The van der Waals surface area contributed by atoms with Crippen LogP contribution in [0.4, 0.5) is 11.9 Å². The Labute approximate surface area is 152 Å². The molecule has 0 amide bonds. The number of nitrogens with zero attached hydrogens (tertiary/aromatic N) is 3. The van der Waals surface area contributed by atoms with Crippen molar-refractivity contribution in [2.45, 2.75) is 84.0 Å². The Hall–Kier alpha value is -1.39. The number of aryl methyl sites for hydroxylation is 1. The predicted octanol–water partition coefficient (Wildman–Crippen LogP) is 4.81. The average Bonchev–Trinajstić information content (AvgIpc) is 2.67. The zero-order valence-corrected chi connectivity index (χ0v) is 15.9. The Kier molecular flexibility index (Phi) is 7.31. The van der Waals surface area contributed by atoms with Gasteiger partial charge in [-0.3, -0.25) is 0 Å². The molecule has 0 aromatic carbocycles. The molecule has 25 heavy (non-hydrogen) atoms. The van der Waals surface area contributed by atoms with Crippen molar-refractivity contribution in [3.63, 3.8) is 0 Å². The van der Waals surface area contributed by atoms with E-state index in [4.69, 9.17) is 0 Å². The third-order valence-electron chi connectivity index (χ3n) is 5.70. The van der Waals surface area contributed by atoms with E-state index in [1.54, 1.807) is 0 Å². The lowest BCUT2D eigenvalue weighted by molar-refractivity contribution is 0.372. The van der Waals surface area contributed by atoms with Crippen LogP contribution in [0.15, 0.2) is 0 Å². The molecule has 1 aromatic rings. The monoisotopic (exact) mass is 345 g/mol. The predicted molar refractivity (Wildman–Crippen MR) is 104 cm³/mol. The van der Waals surface area contributed by atoms with E-state index in [1.807, 2.05) is 0 Å². The van der Waals surface area contributed by atoms with E-state index in [0.717, 1.165) is 55.5 Å². The molecule has 5 heteroatoms. The molecule has 2 aliphatic carbocycles. The molecule has 5 nitrogen and oxygen atoms in total. The summed E-state index contributed by atoms with van der Waals surface area (Å²) in [6, 6.07) is 0. The lowest BCUT2D eigenvalue weighted by Gasteiger charge is -2.23. The van der Waals surface area contributed by atoms with Gasteiger partial charge in [-0.1, -0.05) is 45.4 Å². The van der Waals surface area contributed by atoms with Crippen LogP contribution in [0, 0.1) is 11.8 Å². The minimum absolute atomic E-state index is 0.759. The molecule has 2 N–H and O–H groups in total. The van der Waals surface area contributed by atoms with Crippen molar-refractivity contribution in [1.82, 2.24) is 15.0 Å². The Morgan fingerprint density at radius 3 is 1.64 bits per heavy atom. The van der Waals surface area contributed by atoms with E-state index in [-0.39, 0.29) is 0 Å². The second-order valence-corrected chi connectivity index (χ2v) is 7.92. The summed E-state index contributed by atoms with van der Waals surface area (Å²) in [5, 5.41) is 6.98. The first-order chi connectivity index (χ1) is 12.3. The van der Waals surface area contributed by atoms with Crippen LogP contribution in [0.2, 0.25) is 0 Å². The van der Waals surface area contributed by atoms with E-state index in [0.29, 0.717) is 0 Å². The van der Waals surface area contributed by atoms with Crippen molar-refractivity contribution in [3.8, 4) is 0 Å². The summed E-state index contributed by atoms with van der Waals surface area (Å²) in [6.07, 6.45) is 15.6. The smallest absolute Gasteiger partial charge is 0.227 e. The molecule has 0 atom stereocenters. The first-order valence-corrected chi connectivity index (χ1v) is 10.6. The van der Waals surface area contributed by atoms with E-state index >= 15 is 0 Å². The number of aromatic nitrogens is 3. The van der Waals surface area contributed by atoms with Gasteiger partial charge >= 0.3 is 0 Å². The molecule has 3 rings (SSSR count). The number of hydrogen-bond acceptors (Lipinski definition) is 5. The van der Waals surface area contributed by atoms with Crippen molar-refractivity contribution >= 4 is 11.9 Å². The van der Waals surface area contributed by atoms with Crippen LogP contribution in [-0.2, 0) is 6.42 Å². The molecule has 1 aromatic heterocycles. The molecule has 0 aliphatic heterocycles. The SMILES string of the molecule is CCCc1nc(NCC2CCCCC2)nc(NCC2CCCCC2)n1. The molecule has 2 saturated carbocycles. The lowest BCUT2D eigenvalue weighted by atomic mass is 9.89. The number of anilines is 2. The van der Waals surface area contributed by atoms with Gasteiger partial charge in [0.05, 0.1) is 0 Å². The maximum atomic E-state index is 4.64. The second-order valence-electron chi connectivity index (χ2n) is 7.92. The summed E-state index contributed by atoms with van der Waals surface area (Å²) in [7, 11) is 0. The van der Waals surface area contributed by atoms with Crippen molar-refractivity contribution in [1.29, 1.82) is 0 Å². The van der Waals surface area contributed by atoms with E-state index in [1.165, 1.54) is 64.2 Å². The van der Waals surface area contributed by atoms with Gasteiger partial charge < -0.3 is 10.6 Å². The van der Waals surface area contributed by atoms with Gasteiger partial charge in [0.1, 0.15) is 5.82 Å². The normalized spacial score (nSPS) is 19.7. The van der Waals surface area contributed by atoms with Gasteiger partial charge in [0.25, 0.3) is 0 Å². The Morgan fingerprint density at radius 1 is 0.720 bits per heavy atom. The largest absolute Gasteiger partial charge is 0.354 e. The fourth-order valence-electron chi connectivity index (χ4n) is 4.17. The lowest BCUT2D eigenvalue weighted by Crippen LogP contribution is -2.21. The van der Waals surface area contributed by atoms with E-state index in [9.17, 15) is 0 Å². The summed E-state index contributed by atoms with van der Waals surface area (Å²) >= 11 is 0. The van der Waals surface area contributed by atoms with Crippen LogP contribution in [0.5, 0.6) is 0 Å². The quantitative estimate of drug-likeness (QED) is 0.708. The first kappa shape index (κ1) is 18.4. The molecule has 0 saturated heterocycles. The second kappa shape index (κ2) is 9.93. The van der Waals surface area contributed by atoms with Gasteiger partial charge in [0, 0.05) is 19.5 Å². The molecule has 1 heterocycles. The highest BCUT2D eigenvalue weighted by Gasteiger charge is 2.16. The molecule has 0 spiro atoms. The number of rotatable bonds is 8. The molecular formula is C20H35N5. The Balaban J connectivity index is 1.57. The topological polar surface area (TPSA) is 62.7 Å². The standard InChI is InChI=1S/C20H35N5/c1-2-9-18-23-19(21-14-16-10-5-3-6-11-16)25-20(24-18)22-15-17-12-7-4-8-13-17/h16-17H,2-15H2,1H3,(H2,21,22,23,24,25). The summed E-state index contributed by atoms with van der Waals surface area (Å²) in [4.78, 5) is 13.9. The fourth-order valence-corrected chi connectivity index (χ4v) is 4.17. The molecular weight excluding hydrogens is 310 g/mol. The molecule has 140 valence electrons. The van der Waals surface area contributed by atoms with Crippen LogP contribution in [0.3, 0.4) is 0 Å². The molecule has 2 fully saturated rings. The zero-order valence-electron chi connectivity index (χ0n) is 15.9. The molecule has 0 bridgehead atoms. The van der Waals surface area contributed by atoms with Gasteiger partial charge in [0.2, 0.25) is 11.9 Å². The minimum atomic E-state index is 0.759. The van der Waals surface area contributed by atoms with Crippen LogP contribution in [-0.4, -0.2) is 28.0 Å². The van der Waals surface area contributed by atoms with Gasteiger partial charge in [0.15, 0.2) is 0 Å². The summed E-state index contributed by atoms with van der Waals surface area (Å²) in [6.45, 7) is 4.17. The van der Waals surface area contributed by atoms with Crippen molar-refractivity contribution < 1.29 is 0 Å². The van der Waals surface area contributed by atoms with E-state index < -0.39 is 0 Å². The zero-order chi connectivity index (χ0) is 17.3. The van der Waals surface area contributed by atoms with Crippen molar-refractivity contribution in [3.05, 3.63) is 5.82 Å². The highest BCUT2D eigenvalue weighted by atomic mass is 15.2. The molecule has 2 aliphatic rings. The highest BCUT2D eigenvalue weighted by Crippen LogP contribution is 2.25. The van der Waals surface area contributed by atoms with Crippen molar-refractivity contribution in [2.75, 3.05) is 23.7 Å². The third kappa shape index (κ3) is 6.12. The highest BCUT2D eigenvalue weighted by molar-refractivity contribution is 5.34. The van der Waals surface area contributed by atoms with Crippen LogP contribution >= 0.6 is 0 Å². The number of nitrogens with one attached hydrogen (secondary N) is 2. The maximum Gasteiger partial charge on any atom is 0.227 e.